The molecule has 1 N–H and O–H groups in total. The second-order valence-corrected chi connectivity index (χ2v) is 4.74. The SMILES string of the molecule is CCCC(C)NCCOc1cnn(C(C)C)c1. The Morgan fingerprint density at radius 2 is 2.18 bits per heavy atom. The van der Waals surface area contributed by atoms with Crippen molar-refractivity contribution in [2.45, 2.75) is 52.6 Å². The van der Waals surface area contributed by atoms with Crippen LogP contribution in [0.2, 0.25) is 0 Å². The van der Waals surface area contributed by atoms with Gasteiger partial charge in [-0.05, 0) is 27.2 Å². The highest BCUT2D eigenvalue weighted by atomic mass is 16.5. The topological polar surface area (TPSA) is 39.1 Å². The van der Waals surface area contributed by atoms with Crippen LogP contribution in [-0.2, 0) is 0 Å². The molecule has 98 valence electrons. The van der Waals surface area contributed by atoms with Gasteiger partial charge in [0.15, 0.2) is 5.75 Å². The van der Waals surface area contributed by atoms with Crippen molar-refractivity contribution in [2.75, 3.05) is 13.2 Å². The Bertz CT molecular complexity index is 309. The largest absolute Gasteiger partial charge is 0.489 e. The first kappa shape index (κ1) is 14.0. The number of hydrogen-bond donors (Lipinski definition) is 1. The molecule has 0 saturated heterocycles. The molecule has 1 heterocycles. The Balaban J connectivity index is 2.17. The molecule has 1 unspecified atom stereocenters. The highest BCUT2D eigenvalue weighted by Crippen LogP contribution is 2.11. The van der Waals surface area contributed by atoms with E-state index in [2.05, 4.69) is 38.1 Å². The molecule has 0 bridgehead atoms. The summed E-state index contributed by atoms with van der Waals surface area (Å²) < 4.78 is 7.52. The quantitative estimate of drug-likeness (QED) is 0.709. The van der Waals surface area contributed by atoms with Crippen LogP contribution in [0.5, 0.6) is 5.75 Å². The average molecular weight is 239 g/mol. The smallest absolute Gasteiger partial charge is 0.157 e. The molecule has 0 fully saturated rings. The average Bonchev–Trinajstić information content (AvgIpc) is 2.73. The van der Waals surface area contributed by atoms with E-state index in [1.807, 2.05) is 10.9 Å². The molecule has 1 aromatic rings. The number of aromatic nitrogens is 2. The minimum atomic E-state index is 0.384. The van der Waals surface area contributed by atoms with Crippen molar-refractivity contribution in [3.63, 3.8) is 0 Å². The van der Waals surface area contributed by atoms with Gasteiger partial charge in [0.05, 0.1) is 12.4 Å². The third kappa shape index (κ3) is 5.22. The fourth-order valence-electron chi connectivity index (χ4n) is 1.69. The Labute approximate surface area is 104 Å². The zero-order valence-corrected chi connectivity index (χ0v) is 11.4. The van der Waals surface area contributed by atoms with E-state index in [0.29, 0.717) is 18.7 Å². The van der Waals surface area contributed by atoms with Crippen LogP contribution in [0.1, 0.15) is 46.6 Å². The molecule has 0 amide bonds. The Kier molecular flexibility index (Phi) is 6.05. The first-order chi connectivity index (χ1) is 8.13. The van der Waals surface area contributed by atoms with Gasteiger partial charge in [0.1, 0.15) is 6.61 Å². The minimum Gasteiger partial charge on any atom is -0.489 e. The van der Waals surface area contributed by atoms with Crippen molar-refractivity contribution < 1.29 is 4.74 Å². The zero-order valence-electron chi connectivity index (χ0n) is 11.4. The molecule has 1 rings (SSSR count). The first-order valence-corrected chi connectivity index (χ1v) is 6.53. The summed E-state index contributed by atoms with van der Waals surface area (Å²) in [5, 5.41) is 7.66. The van der Waals surface area contributed by atoms with Gasteiger partial charge < -0.3 is 10.1 Å². The van der Waals surface area contributed by atoms with Gasteiger partial charge in [-0.25, -0.2) is 0 Å². The third-order valence-electron chi connectivity index (χ3n) is 2.69. The van der Waals surface area contributed by atoms with Crippen LogP contribution in [0.3, 0.4) is 0 Å². The van der Waals surface area contributed by atoms with Crippen LogP contribution in [0, 0.1) is 0 Å². The van der Waals surface area contributed by atoms with Crippen LogP contribution in [-0.4, -0.2) is 29.0 Å². The van der Waals surface area contributed by atoms with E-state index < -0.39 is 0 Å². The van der Waals surface area contributed by atoms with Crippen molar-refractivity contribution in [1.29, 1.82) is 0 Å². The lowest BCUT2D eigenvalue weighted by atomic mass is 10.2. The molecule has 0 radical (unpaired) electrons. The van der Waals surface area contributed by atoms with Crippen molar-refractivity contribution >= 4 is 0 Å². The summed E-state index contributed by atoms with van der Waals surface area (Å²) in [4.78, 5) is 0. The molecule has 0 saturated carbocycles. The van der Waals surface area contributed by atoms with Crippen LogP contribution in [0.4, 0.5) is 0 Å². The summed E-state index contributed by atoms with van der Waals surface area (Å²) >= 11 is 0. The molecule has 0 spiro atoms. The van der Waals surface area contributed by atoms with Crippen LogP contribution < -0.4 is 10.1 Å². The summed E-state index contributed by atoms with van der Waals surface area (Å²) in [6, 6.07) is 0.956. The monoisotopic (exact) mass is 239 g/mol. The first-order valence-electron chi connectivity index (χ1n) is 6.53. The molecule has 1 atom stereocenters. The van der Waals surface area contributed by atoms with E-state index in [1.54, 1.807) is 6.20 Å². The Hall–Kier alpha value is -1.03. The highest BCUT2D eigenvalue weighted by Gasteiger charge is 2.03. The van der Waals surface area contributed by atoms with E-state index in [-0.39, 0.29) is 0 Å². The van der Waals surface area contributed by atoms with E-state index in [4.69, 9.17) is 4.74 Å². The number of nitrogens with zero attached hydrogens (tertiary/aromatic N) is 2. The molecular weight excluding hydrogens is 214 g/mol. The van der Waals surface area contributed by atoms with Gasteiger partial charge in [0, 0.05) is 18.6 Å². The lowest BCUT2D eigenvalue weighted by molar-refractivity contribution is 0.304. The van der Waals surface area contributed by atoms with Crippen molar-refractivity contribution in [1.82, 2.24) is 15.1 Å². The molecule has 0 aliphatic heterocycles. The Morgan fingerprint density at radius 3 is 2.76 bits per heavy atom. The van der Waals surface area contributed by atoms with Gasteiger partial charge in [-0.1, -0.05) is 13.3 Å². The second-order valence-electron chi connectivity index (χ2n) is 4.74. The molecule has 0 aromatic carbocycles. The fourth-order valence-corrected chi connectivity index (χ4v) is 1.69. The molecular formula is C13H25N3O. The van der Waals surface area contributed by atoms with Crippen molar-refractivity contribution in [2.24, 2.45) is 0 Å². The van der Waals surface area contributed by atoms with Gasteiger partial charge in [0.2, 0.25) is 0 Å². The molecule has 0 aliphatic carbocycles. The van der Waals surface area contributed by atoms with Gasteiger partial charge in [-0.3, -0.25) is 4.68 Å². The predicted molar refractivity (Wildman–Crippen MR) is 70.5 cm³/mol. The van der Waals surface area contributed by atoms with E-state index >= 15 is 0 Å². The highest BCUT2D eigenvalue weighted by molar-refractivity contribution is 5.11. The lowest BCUT2D eigenvalue weighted by Crippen LogP contribution is -2.29. The third-order valence-corrected chi connectivity index (χ3v) is 2.69. The molecule has 17 heavy (non-hydrogen) atoms. The Morgan fingerprint density at radius 1 is 1.41 bits per heavy atom. The number of ether oxygens (including phenoxy) is 1. The summed E-state index contributed by atoms with van der Waals surface area (Å²) in [5.74, 6) is 0.851. The van der Waals surface area contributed by atoms with Crippen LogP contribution in [0.25, 0.3) is 0 Å². The summed E-state index contributed by atoms with van der Waals surface area (Å²) in [7, 11) is 0. The number of rotatable bonds is 8. The normalized spacial score (nSPS) is 13.0. The molecule has 1 aromatic heterocycles. The van der Waals surface area contributed by atoms with Gasteiger partial charge in [-0.15, -0.1) is 0 Å². The van der Waals surface area contributed by atoms with E-state index in [0.717, 1.165) is 12.3 Å². The van der Waals surface area contributed by atoms with Crippen LogP contribution in [0.15, 0.2) is 12.4 Å². The fraction of sp³-hybridized carbons (Fsp3) is 0.769. The summed E-state index contributed by atoms with van der Waals surface area (Å²) in [6.45, 7) is 10.2. The standard InChI is InChI=1S/C13H25N3O/c1-5-6-12(4)14-7-8-17-13-9-15-16(10-13)11(2)3/h9-12,14H,5-8H2,1-4H3. The van der Waals surface area contributed by atoms with E-state index in [9.17, 15) is 0 Å². The number of nitrogens with one attached hydrogen (secondary N) is 1. The van der Waals surface area contributed by atoms with Gasteiger partial charge >= 0.3 is 0 Å². The maximum atomic E-state index is 5.62. The number of hydrogen-bond acceptors (Lipinski definition) is 3. The maximum Gasteiger partial charge on any atom is 0.157 e. The molecule has 4 heteroatoms. The molecule has 0 aliphatic rings. The van der Waals surface area contributed by atoms with E-state index in [1.165, 1.54) is 12.8 Å². The van der Waals surface area contributed by atoms with Crippen molar-refractivity contribution in [3.8, 4) is 5.75 Å². The van der Waals surface area contributed by atoms with Crippen molar-refractivity contribution in [3.05, 3.63) is 12.4 Å². The molecule has 4 nitrogen and oxygen atoms in total. The van der Waals surface area contributed by atoms with Gasteiger partial charge in [0.25, 0.3) is 0 Å². The van der Waals surface area contributed by atoms with Gasteiger partial charge in [-0.2, -0.15) is 5.10 Å². The maximum absolute atomic E-state index is 5.62. The minimum absolute atomic E-state index is 0.384. The van der Waals surface area contributed by atoms with Crippen LogP contribution >= 0.6 is 0 Å². The second kappa shape index (κ2) is 7.33. The zero-order chi connectivity index (χ0) is 12.7. The summed E-state index contributed by atoms with van der Waals surface area (Å²) in [5.41, 5.74) is 0. The summed E-state index contributed by atoms with van der Waals surface area (Å²) in [6.07, 6.45) is 6.15. The lowest BCUT2D eigenvalue weighted by Gasteiger charge is -2.12. The predicted octanol–water partition coefficient (Wildman–Crippen LogP) is 2.62.